The SMILES string of the molecule is CCCNCCNC(=O)c1ccc(-c2ccc3c(c2)OCCO3)s1. The van der Waals surface area contributed by atoms with E-state index in [2.05, 4.69) is 17.6 Å². The van der Waals surface area contributed by atoms with Gasteiger partial charge in [-0.25, -0.2) is 0 Å². The molecule has 1 aliphatic heterocycles. The van der Waals surface area contributed by atoms with Crippen LogP contribution < -0.4 is 20.1 Å². The van der Waals surface area contributed by atoms with Gasteiger partial charge in [-0.05, 0) is 48.9 Å². The Labute approximate surface area is 146 Å². The average Bonchev–Trinajstić information content (AvgIpc) is 3.11. The minimum atomic E-state index is -0.0258. The number of thiophene rings is 1. The molecule has 0 spiro atoms. The fraction of sp³-hybridized carbons (Fsp3) is 0.389. The van der Waals surface area contributed by atoms with Gasteiger partial charge in [0.15, 0.2) is 11.5 Å². The molecule has 24 heavy (non-hydrogen) atoms. The maximum atomic E-state index is 12.2. The zero-order chi connectivity index (χ0) is 16.8. The topological polar surface area (TPSA) is 59.6 Å². The van der Waals surface area contributed by atoms with Crippen molar-refractivity contribution >= 4 is 17.2 Å². The molecule has 1 aromatic heterocycles. The number of carbonyl (C=O) groups is 1. The number of nitrogens with one attached hydrogen (secondary N) is 2. The lowest BCUT2D eigenvalue weighted by molar-refractivity contribution is 0.0958. The van der Waals surface area contributed by atoms with E-state index in [4.69, 9.17) is 9.47 Å². The van der Waals surface area contributed by atoms with Crippen LogP contribution in [0.3, 0.4) is 0 Å². The van der Waals surface area contributed by atoms with Crippen molar-refractivity contribution in [3.8, 4) is 21.9 Å². The molecule has 0 saturated heterocycles. The summed E-state index contributed by atoms with van der Waals surface area (Å²) in [6.45, 7) is 5.68. The lowest BCUT2D eigenvalue weighted by Crippen LogP contribution is -2.31. The minimum absolute atomic E-state index is 0.0258. The predicted molar refractivity (Wildman–Crippen MR) is 96.2 cm³/mol. The maximum absolute atomic E-state index is 12.2. The number of amides is 1. The number of carbonyl (C=O) groups excluding carboxylic acids is 1. The first kappa shape index (κ1) is 16.8. The second-order valence-electron chi connectivity index (χ2n) is 5.53. The van der Waals surface area contributed by atoms with Crippen molar-refractivity contribution in [2.24, 2.45) is 0 Å². The molecule has 3 rings (SSSR count). The van der Waals surface area contributed by atoms with Crippen LogP contribution in [0.5, 0.6) is 11.5 Å². The zero-order valence-electron chi connectivity index (χ0n) is 13.8. The molecule has 0 unspecified atom stereocenters. The normalized spacial score (nSPS) is 12.9. The molecule has 1 aromatic carbocycles. The summed E-state index contributed by atoms with van der Waals surface area (Å²) in [6.07, 6.45) is 1.10. The number of hydrogen-bond acceptors (Lipinski definition) is 5. The Bertz CT molecular complexity index is 699. The van der Waals surface area contributed by atoms with Crippen molar-refractivity contribution in [3.05, 3.63) is 35.2 Å². The van der Waals surface area contributed by atoms with Gasteiger partial charge < -0.3 is 20.1 Å². The molecule has 2 aromatic rings. The predicted octanol–water partition coefficient (Wildman–Crippen LogP) is 2.92. The summed E-state index contributed by atoms with van der Waals surface area (Å²) in [6, 6.07) is 9.72. The Kier molecular flexibility index (Phi) is 5.72. The Balaban J connectivity index is 1.61. The fourth-order valence-electron chi connectivity index (χ4n) is 2.46. The highest BCUT2D eigenvalue weighted by Crippen LogP contribution is 2.36. The van der Waals surface area contributed by atoms with Gasteiger partial charge in [-0.2, -0.15) is 0 Å². The summed E-state index contributed by atoms with van der Waals surface area (Å²) >= 11 is 1.48. The van der Waals surface area contributed by atoms with Gasteiger partial charge in [0.25, 0.3) is 5.91 Å². The van der Waals surface area contributed by atoms with Gasteiger partial charge in [-0.15, -0.1) is 11.3 Å². The van der Waals surface area contributed by atoms with Crippen LogP contribution in [0.15, 0.2) is 30.3 Å². The van der Waals surface area contributed by atoms with Gasteiger partial charge in [0.2, 0.25) is 0 Å². The zero-order valence-corrected chi connectivity index (χ0v) is 14.6. The standard InChI is InChI=1S/C18H22N2O3S/c1-2-7-19-8-9-20-18(21)17-6-5-16(24-17)13-3-4-14-15(12-13)23-11-10-22-14/h3-6,12,19H,2,7-11H2,1H3,(H,20,21). The van der Waals surface area contributed by atoms with E-state index in [9.17, 15) is 4.79 Å². The van der Waals surface area contributed by atoms with Crippen molar-refractivity contribution in [2.45, 2.75) is 13.3 Å². The third kappa shape index (κ3) is 4.07. The van der Waals surface area contributed by atoms with Gasteiger partial charge in [-0.1, -0.05) is 6.92 Å². The number of hydrogen-bond donors (Lipinski definition) is 2. The monoisotopic (exact) mass is 346 g/mol. The third-order valence-corrected chi connectivity index (χ3v) is 4.80. The molecule has 128 valence electrons. The van der Waals surface area contributed by atoms with E-state index < -0.39 is 0 Å². The molecular weight excluding hydrogens is 324 g/mol. The van der Waals surface area contributed by atoms with Gasteiger partial charge in [0.1, 0.15) is 13.2 Å². The lowest BCUT2D eigenvalue weighted by Gasteiger charge is -2.18. The first-order valence-electron chi connectivity index (χ1n) is 8.26. The molecule has 0 aliphatic carbocycles. The molecule has 1 amide bonds. The Hall–Kier alpha value is -2.05. The smallest absolute Gasteiger partial charge is 0.261 e. The van der Waals surface area contributed by atoms with Gasteiger partial charge >= 0.3 is 0 Å². The quantitative estimate of drug-likeness (QED) is 0.757. The maximum Gasteiger partial charge on any atom is 0.261 e. The van der Waals surface area contributed by atoms with Crippen molar-refractivity contribution in [2.75, 3.05) is 32.8 Å². The van der Waals surface area contributed by atoms with E-state index in [0.717, 1.165) is 46.3 Å². The number of ether oxygens (including phenoxy) is 2. The van der Waals surface area contributed by atoms with Crippen LogP contribution in [-0.4, -0.2) is 38.8 Å². The largest absolute Gasteiger partial charge is 0.486 e. The highest BCUT2D eigenvalue weighted by molar-refractivity contribution is 7.17. The highest BCUT2D eigenvalue weighted by Gasteiger charge is 2.14. The Morgan fingerprint density at radius 2 is 1.92 bits per heavy atom. The van der Waals surface area contributed by atoms with Gasteiger partial charge in [0, 0.05) is 18.0 Å². The van der Waals surface area contributed by atoms with Crippen LogP contribution in [0.4, 0.5) is 0 Å². The number of fused-ring (bicyclic) bond motifs is 1. The fourth-order valence-corrected chi connectivity index (χ4v) is 3.38. The second kappa shape index (κ2) is 8.17. The highest BCUT2D eigenvalue weighted by atomic mass is 32.1. The molecule has 0 saturated carbocycles. The molecule has 0 atom stereocenters. The van der Waals surface area contributed by atoms with Crippen molar-refractivity contribution in [1.29, 1.82) is 0 Å². The average molecular weight is 346 g/mol. The molecule has 5 nitrogen and oxygen atoms in total. The summed E-state index contributed by atoms with van der Waals surface area (Å²) in [5, 5.41) is 6.20. The summed E-state index contributed by atoms with van der Waals surface area (Å²) < 4.78 is 11.2. The Morgan fingerprint density at radius 1 is 1.08 bits per heavy atom. The summed E-state index contributed by atoms with van der Waals surface area (Å²) in [4.78, 5) is 13.9. The molecule has 2 N–H and O–H groups in total. The molecular formula is C18H22N2O3S. The molecule has 6 heteroatoms. The van der Waals surface area contributed by atoms with E-state index in [1.807, 2.05) is 30.3 Å². The molecule has 1 aliphatic rings. The van der Waals surface area contributed by atoms with Gasteiger partial charge in [0.05, 0.1) is 4.88 Å². The molecule has 0 bridgehead atoms. The summed E-state index contributed by atoms with van der Waals surface area (Å²) in [5.41, 5.74) is 1.04. The van der Waals surface area contributed by atoms with E-state index in [1.54, 1.807) is 0 Å². The summed E-state index contributed by atoms with van der Waals surface area (Å²) in [7, 11) is 0. The molecule has 2 heterocycles. The van der Waals surface area contributed by atoms with Crippen LogP contribution in [0.25, 0.3) is 10.4 Å². The lowest BCUT2D eigenvalue weighted by atomic mass is 10.1. The van der Waals surface area contributed by atoms with Crippen molar-refractivity contribution in [3.63, 3.8) is 0 Å². The number of rotatable bonds is 7. The van der Waals surface area contributed by atoms with E-state index in [-0.39, 0.29) is 5.91 Å². The molecule has 0 fully saturated rings. The van der Waals surface area contributed by atoms with Crippen LogP contribution >= 0.6 is 11.3 Å². The second-order valence-corrected chi connectivity index (χ2v) is 6.61. The first-order valence-corrected chi connectivity index (χ1v) is 9.08. The molecule has 0 radical (unpaired) electrons. The van der Waals surface area contributed by atoms with E-state index in [1.165, 1.54) is 11.3 Å². The van der Waals surface area contributed by atoms with E-state index in [0.29, 0.717) is 19.8 Å². The third-order valence-electron chi connectivity index (χ3n) is 3.67. The van der Waals surface area contributed by atoms with Crippen LogP contribution in [-0.2, 0) is 0 Å². The van der Waals surface area contributed by atoms with Crippen LogP contribution in [0.2, 0.25) is 0 Å². The Morgan fingerprint density at radius 3 is 2.75 bits per heavy atom. The van der Waals surface area contributed by atoms with Crippen molar-refractivity contribution < 1.29 is 14.3 Å². The summed E-state index contributed by atoms with van der Waals surface area (Å²) in [5.74, 6) is 1.52. The van der Waals surface area contributed by atoms with Gasteiger partial charge in [-0.3, -0.25) is 4.79 Å². The first-order chi connectivity index (χ1) is 11.8. The van der Waals surface area contributed by atoms with E-state index >= 15 is 0 Å². The number of benzene rings is 1. The van der Waals surface area contributed by atoms with Crippen LogP contribution in [0.1, 0.15) is 23.0 Å². The minimum Gasteiger partial charge on any atom is -0.486 e. The van der Waals surface area contributed by atoms with Crippen LogP contribution in [0, 0.1) is 0 Å². The van der Waals surface area contributed by atoms with Crippen molar-refractivity contribution in [1.82, 2.24) is 10.6 Å².